The van der Waals surface area contributed by atoms with Gasteiger partial charge in [0.15, 0.2) is 0 Å². The van der Waals surface area contributed by atoms with Gasteiger partial charge in [-0.05, 0) is 119 Å². The molecule has 2 spiro atoms. The molecule has 2 heteroatoms. The van der Waals surface area contributed by atoms with Crippen LogP contribution in [-0.4, -0.2) is 0 Å². The largest absolute Gasteiger partial charge is 0.456 e. The standard InChI is InChI=1S/C48H35NO/c1-2-12-32(13-3-1)49(33-23-25-46-40(30-33)39-17-7-11-21-45(39)50-46)34-22-24-38-37-16-6-10-20-43(37)48(44(38)31-34)28-26-47(27-29-48)41-18-8-4-14-35(41)36-15-5-9-19-42(36)47/h1-25,30-31H,26-29H2. The van der Waals surface area contributed by atoms with E-state index in [0.29, 0.717) is 0 Å². The summed E-state index contributed by atoms with van der Waals surface area (Å²) in [6, 6.07) is 60.6. The predicted molar refractivity (Wildman–Crippen MR) is 206 cm³/mol. The Bertz CT molecular complexity index is 2570. The number of rotatable bonds is 3. The minimum absolute atomic E-state index is 0.0350. The van der Waals surface area contributed by atoms with Gasteiger partial charge in [0.25, 0.3) is 0 Å². The van der Waals surface area contributed by atoms with Crippen molar-refractivity contribution in [2.75, 3.05) is 4.90 Å². The molecular weight excluding hydrogens is 607 g/mol. The summed E-state index contributed by atoms with van der Waals surface area (Å²) in [4.78, 5) is 2.42. The number of nitrogens with zero attached hydrogens (tertiary/aromatic N) is 1. The molecule has 1 fully saturated rings. The monoisotopic (exact) mass is 641 g/mol. The van der Waals surface area contributed by atoms with Crippen LogP contribution in [0.5, 0.6) is 0 Å². The minimum Gasteiger partial charge on any atom is -0.456 e. The van der Waals surface area contributed by atoms with E-state index < -0.39 is 0 Å². The molecule has 1 heterocycles. The van der Waals surface area contributed by atoms with Gasteiger partial charge in [-0.2, -0.15) is 0 Å². The van der Waals surface area contributed by atoms with E-state index in [1.165, 1.54) is 50.2 Å². The van der Waals surface area contributed by atoms with Gasteiger partial charge in [-0.15, -0.1) is 0 Å². The van der Waals surface area contributed by atoms with E-state index in [1.54, 1.807) is 0 Å². The number of furan rings is 1. The van der Waals surface area contributed by atoms with Crippen LogP contribution in [0.15, 0.2) is 168 Å². The second-order valence-electron chi connectivity index (χ2n) is 14.5. The molecule has 0 N–H and O–H groups in total. The molecule has 11 rings (SSSR count). The highest BCUT2D eigenvalue weighted by Crippen LogP contribution is 2.64. The lowest BCUT2D eigenvalue weighted by Crippen LogP contribution is -2.39. The van der Waals surface area contributed by atoms with E-state index >= 15 is 0 Å². The Morgan fingerprint density at radius 1 is 0.360 bits per heavy atom. The molecular formula is C48H35NO. The Labute approximate surface area is 292 Å². The van der Waals surface area contributed by atoms with Gasteiger partial charge in [0.1, 0.15) is 11.2 Å². The molecule has 0 aliphatic heterocycles. The lowest BCUT2D eigenvalue weighted by Gasteiger charge is -2.45. The third kappa shape index (κ3) is 3.74. The maximum absolute atomic E-state index is 6.24. The van der Waals surface area contributed by atoms with Crippen molar-refractivity contribution in [3.05, 3.63) is 186 Å². The average molecular weight is 642 g/mol. The number of fused-ring (bicyclic) bond motifs is 13. The van der Waals surface area contributed by atoms with Crippen LogP contribution in [0.2, 0.25) is 0 Å². The summed E-state index contributed by atoms with van der Waals surface area (Å²) in [6.07, 6.45) is 4.49. The van der Waals surface area contributed by atoms with Gasteiger partial charge in [-0.25, -0.2) is 0 Å². The van der Waals surface area contributed by atoms with Crippen molar-refractivity contribution in [2.45, 2.75) is 36.5 Å². The van der Waals surface area contributed by atoms with Crippen molar-refractivity contribution < 1.29 is 4.42 Å². The normalized spacial score (nSPS) is 16.0. The lowest BCUT2D eigenvalue weighted by atomic mass is 9.57. The molecule has 0 atom stereocenters. The fourth-order valence-electron chi connectivity index (χ4n) is 10.1. The van der Waals surface area contributed by atoms with Crippen LogP contribution in [0, 0.1) is 0 Å². The van der Waals surface area contributed by atoms with Gasteiger partial charge < -0.3 is 9.32 Å². The van der Waals surface area contributed by atoms with E-state index in [9.17, 15) is 0 Å². The van der Waals surface area contributed by atoms with Crippen LogP contribution in [0.3, 0.4) is 0 Å². The summed E-state index contributed by atoms with van der Waals surface area (Å²) in [5.74, 6) is 0. The van der Waals surface area contributed by atoms with Gasteiger partial charge in [-0.3, -0.25) is 0 Å². The Balaban J connectivity index is 1.07. The van der Waals surface area contributed by atoms with E-state index in [4.69, 9.17) is 4.42 Å². The van der Waals surface area contributed by atoms with E-state index in [1.807, 2.05) is 6.07 Å². The summed E-state index contributed by atoms with van der Waals surface area (Å²) in [6.45, 7) is 0. The van der Waals surface area contributed by atoms with Crippen LogP contribution < -0.4 is 4.90 Å². The highest BCUT2D eigenvalue weighted by molar-refractivity contribution is 6.06. The van der Waals surface area contributed by atoms with Crippen molar-refractivity contribution in [2.24, 2.45) is 0 Å². The zero-order valence-electron chi connectivity index (χ0n) is 27.8. The summed E-state index contributed by atoms with van der Waals surface area (Å²) >= 11 is 0. The Kier molecular flexibility index (Phi) is 5.79. The predicted octanol–water partition coefficient (Wildman–Crippen LogP) is 12.9. The highest BCUT2D eigenvalue weighted by atomic mass is 16.3. The first-order valence-electron chi connectivity index (χ1n) is 17.9. The molecule has 0 saturated heterocycles. The van der Waals surface area contributed by atoms with Crippen molar-refractivity contribution in [1.29, 1.82) is 0 Å². The van der Waals surface area contributed by atoms with Crippen molar-refractivity contribution in [3.63, 3.8) is 0 Å². The Morgan fingerprint density at radius 3 is 1.50 bits per heavy atom. The number of para-hydroxylation sites is 2. The molecule has 1 aromatic heterocycles. The van der Waals surface area contributed by atoms with E-state index in [-0.39, 0.29) is 10.8 Å². The Hall–Kier alpha value is -5.86. The van der Waals surface area contributed by atoms with E-state index in [0.717, 1.165) is 59.0 Å². The summed E-state index contributed by atoms with van der Waals surface area (Å²) < 4.78 is 6.24. The zero-order valence-corrected chi connectivity index (χ0v) is 27.8. The molecule has 7 aromatic carbocycles. The van der Waals surface area contributed by atoms with Crippen LogP contribution >= 0.6 is 0 Å². The van der Waals surface area contributed by atoms with Gasteiger partial charge >= 0.3 is 0 Å². The molecule has 3 aliphatic rings. The molecule has 0 unspecified atom stereocenters. The number of hydrogen-bond donors (Lipinski definition) is 0. The molecule has 8 aromatic rings. The fourth-order valence-corrected chi connectivity index (χ4v) is 10.1. The van der Waals surface area contributed by atoms with E-state index in [2.05, 4.69) is 163 Å². The molecule has 2 nitrogen and oxygen atoms in total. The maximum Gasteiger partial charge on any atom is 0.135 e. The zero-order chi connectivity index (χ0) is 32.9. The van der Waals surface area contributed by atoms with Crippen LogP contribution in [0.25, 0.3) is 44.2 Å². The number of anilines is 3. The highest BCUT2D eigenvalue weighted by Gasteiger charge is 2.53. The maximum atomic E-state index is 6.24. The average Bonchev–Trinajstić information content (AvgIpc) is 3.78. The lowest BCUT2D eigenvalue weighted by molar-refractivity contribution is 0.265. The van der Waals surface area contributed by atoms with Crippen LogP contribution in [-0.2, 0) is 10.8 Å². The topological polar surface area (TPSA) is 16.4 Å². The molecule has 3 aliphatic carbocycles. The molecule has 0 amide bonds. The first-order valence-corrected chi connectivity index (χ1v) is 17.9. The second kappa shape index (κ2) is 10.3. The van der Waals surface area contributed by atoms with Crippen molar-refractivity contribution in [3.8, 4) is 22.3 Å². The second-order valence-corrected chi connectivity index (χ2v) is 14.5. The third-order valence-corrected chi connectivity index (χ3v) is 12.3. The van der Waals surface area contributed by atoms with Crippen LogP contribution in [0.4, 0.5) is 17.1 Å². The third-order valence-electron chi connectivity index (χ3n) is 12.3. The SMILES string of the molecule is c1ccc(N(c2ccc3c(c2)C2(CCC4(CC2)c2ccccc2-c2ccccc24)c2ccccc2-3)c2ccc3oc4ccccc4c3c2)cc1. The van der Waals surface area contributed by atoms with Crippen molar-refractivity contribution in [1.82, 2.24) is 0 Å². The smallest absolute Gasteiger partial charge is 0.135 e. The minimum atomic E-state index is -0.0350. The van der Waals surface area contributed by atoms with Gasteiger partial charge in [0, 0.05) is 38.7 Å². The van der Waals surface area contributed by atoms with Gasteiger partial charge in [0.05, 0.1) is 0 Å². The Morgan fingerprint density at radius 2 is 0.840 bits per heavy atom. The summed E-state index contributed by atoms with van der Waals surface area (Å²) in [5.41, 5.74) is 17.0. The van der Waals surface area contributed by atoms with Crippen LogP contribution in [0.1, 0.15) is 47.9 Å². The summed E-state index contributed by atoms with van der Waals surface area (Å²) in [5, 5.41) is 2.28. The number of hydrogen-bond acceptors (Lipinski definition) is 2. The quantitative estimate of drug-likeness (QED) is 0.191. The molecule has 50 heavy (non-hydrogen) atoms. The van der Waals surface area contributed by atoms with Gasteiger partial charge in [0.2, 0.25) is 0 Å². The first-order chi connectivity index (χ1) is 24.7. The molecule has 1 saturated carbocycles. The van der Waals surface area contributed by atoms with Crippen molar-refractivity contribution >= 4 is 39.0 Å². The summed E-state index contributed by atoms with van der Waals surface area (Å²) in [7, 11) is 0. The molecule has 0 radical (unpaired) electrons. The van der Waals surface area contributed by atoms with Gasteiger partial charge in [-0.1, -0.05) is 115 Å². The fraction of sp³-hybridized carbons (Fsp3) is 0.125. The number of benzene rings is 7. The molecule has 238 valence electrons. The molecule has 0 bridgehead atoms. The first kappa shape index (κ1) is 28.0.